The number of rotatable bonds is 3. The molecule has 0 spiro atoms. The number of nitrogens with one attached hydrogen (secondary N) is 1. The molecule has 0 bridgehead atoms. The van der Waals surface area contributed by atoms with Crippen molar-refractivity contribution in [3.8, 4) is 0 Å². The fourth-order valence-corrected chi connectivity index (χ4v) is 1.87. The highest BCUT2D eigenvalue weighted by atomic mass is 32.1. The molecule has 7 heteroatoms. The van der Waals surface area contributed by atoms with Gasteiger partial charge in [0.05, 0.1) is 19.3 Å². The van der Waals surface area contributed by atoms with E-state index in [1.165, 1.54) is 0 Å². The Labute approximate surface area is 93.2 Å². The van der Waals surface area contributed by atoms with Crippen LogP contribution >= 0.6 is 12.2 Å². The number of H-pyrrole nitrogens is 1. The molecule has 15 heavy (non-hydrogen) atoms. The van der Waals surface area contributed by atoms with Gasteiger partial charge in [0.15, 0.2) is 0 Å². The summed E-state index contributed by atoms with van der Waals surface area (Å²) in [5, 5.41) is 10.1. The monoisotopic (exact) mass is 229 g/mol. The molecule has 84 valence electrons. The van der Waals surface area contributed by atoms with E-state index in [1.807, 2.05) is 0 Å². The highest BCUT2D eigenvalue weighted by Gasteiger charge is 2.19. The quantitative estimate of drug-likeness (QED) is 0.743. The molecule has 1 aliphatic rings. The Balaban J connectivity index is 1.95. The Morgan fingerprint density at radius 1 is 1.67 bits per heavy atom. The molecule has 1 unspecified atom stereocenters. The van der Waals surface area contributed by atoms with Gasteiger partial charge in [-0.15, -0.1) is 0 Å². The van der Waals surface area contributed by atoms with E-state index in [0.29, 0.717) is 11.3 Å². The minimum absolute atomic E-state index is 0.174. The summed E-state index contributed by atoms with van der Waals surface area (Å²) in [6.07, 6.45) is 0.174. The van der Waals surface area contributed by atoms with Gasteiger partial charge in [0, 0.05) is 13.1 Å². The van der Waals surface area contributed by atoms with Gasteiger partial charge in [-0.1, -0.05) is 17.2 Å². The van der Waals surface area contributed by atoms with Gasteiger partial charge in [-0.2, -0.15) is 5.21 Å². The van der Waals surface area contributed by atoms with Gasteiger partial charge in [0.1, 0.15) is 0 Å². The van der Waals surface area contributed by atoms with Crippen molar-refractivity contribution in [2.24, 2.45) is 0 Å². The Hall–Kier alpha value is -0.790. The van der Waals surface area contributed by atoms with Crippen LogP contribution in [0.3, 0.4) is 0 Å². The maximum absolute atomic E-state index is 5.65. The van der Waals surface area contributed by atoms with Crippen molar-refractivity contribution >= 4 is 12.2 Å². The Morgan fingerprint density at radius 2 is 2.53 bits per heavy atom. The first-order valence-corrected chi connectivity index (χ1v) is 5.52. The Morgan fingerprint density at radius 3 is 3.20 bits per heavy atom. The van der Waals surface area contributed by atoms with Gasteiger partial charge in [0.2, 0.25) is 4.77 Å². The summed E-state index contributed by atoms with van der Waals surface area (Å²) in [5.41, 5.74) is 0. The molecule has 6 nitrogen and oxygen atoms in total. The first-order valence-electron chi connectivity index (χ1n) is 5.11. The van der Waals surface area contributed by atoms with Crippen LogP contribution in [0.5, 0.6) is 0 Å². The third-order valence-electron chi connectivity index (χ3n) is 2.59. The Kier molecular flexibility index (Phi) is 3.45. The molecule has 0 aromatic carbocycles. The van der Waals surface area contributed by atoms with E-state index in [-0.39, 0.29) is 6.10 Å². The summed E-state index contributed by atoms with van der Waals surface area (Å²) in [5.74, 6) is 0. The number of hydrogen-bond acceptors (Lipinski definition) is 5. The van der Waals surface area contributed by atoms with Crippen LogP contribution in [0.1, 0.15) is 6.92 Å². The van der Waals surface area contributed by atoms with E-state index >= 15 is 0 Å². The van der Waals surface area contributed by atoms with Crippen LogP contribution in [0.2, 0.25) is 0 Å². The first-order chi connectivity index (χ1) is 7.29. The van der Waals surface area contributed by atoms with Crippen molar-refractivity contribution < 1.29 is 4.74 Å². The highest BCUT2D eigenvalue weighted by molar-refractivity contribution is 7.71. The van der Waals surface area contributed by atoms with E-state index < -0.39 is 0 Å². The van der Waals surface area contributed by atoms with Gasteiger partial charge in [-0.05, 0) is 18.8 Å². The molecule has 1 aliphatic heterocycles. The molecule has 1 N–H and O–H groups in total. The fourth-order valence-electron chi connectivity index (χ4n) is 1.72. The average molecular weight is 229 g/mol. The number of likely N-dealkylation sites (N-methyl/N-ethyl adjacent to an activating group) is 1. The minimum atomic E-state index is 0.174. The van der Waals surface area contributed by atoms with Gasteiger partial charge in [0.25, 0.3) is 0 Å². The molecule has 0 amide bonds. The predicted octanol–water partition coefficient (Wildman–Crippen LogP) is 0.0564. The molecular weight excluding hydrogens is 214 g/mol. The van der Waals surface area contributed by atoms with Crippen LogP contribution in [0.25, 0.3) is 0 Å². The zero-order chi connectivity index (χ0) is 10.7. The number of aromatic nitrogens is 4. The number of hydrogen-bond donors (Lipinski definition) is 1. The summed E-state index contributed by atoms with van der Waals surface area (Å²) < 4.78 is 7.87. The van der Waals surface area contributed by atoms with Crippen LogP contribution in [0.15, 0.2) is 0 Å². The zero-order valence-corrected chi connectivity index (χ0v) is 9.53. The van der Waals surface area contributed by atoms with Crippen LogP contribution in [0.4, 0.5) is 0 Å². The van der Waals surface area contributed by atoms with Crippen molar-refractivity contribution in [2.45, 2.75) is 19.6 Å². The third kappa shape index (κ3) is 2.61. The molecular formula is C8H15N5OS. The number of ether oxygens (including phenoxy) is 1. The van der Waals surface area contributed by atoms with E-state index in [2.05, 4.69) is 27.3 Å². The standard InChI is InChI=1S/C8H15N5OS/c1-2-12-3-4-14-7(5-12)6-13-8(15)9-10-11-13/h7H,2-6H2,1H3,(H,9,11,15). The lowest BCUT2D eigenvalue weighted by atomic mass is 10.2. The van der Waals surface area contributed by atoms with Crippen molar-refractivity contribution in [3.63, 3.8) is 0 Å². The summed E-state index contributed by atoms with van der Waals surface area (Å²) in [7, 11) is 0. The van der Waals surface area contributed by atoms with Crippen LogP contribution < -0.4 is 0 Å². The predicted molar refractivity (Wildman–Crippen MR) is 57.1 cm³/mol. The number of morpholine rings is 1. The third-order valence-corrected chi connectivity index (χ3v) is 2.89. The number of nitrogens with zero attached hydrogens (tertiary/aromatic N) is 4. The second-order valence-corrected chi connectivity index (χ2v) is 3.94. The van der Waals surface area contributed by atoms with E-state index in [1.54, 1.807) is 4.68 Å². The van der Waals surface area contributed by atoms with Crippen LogP contribution in [0, 0.1) is 4.77 Å². The Bertz CT molecular complexity index is 362. The van der Waals surface area contributed by atoms with Crippen molar-refractivity contribution in [2.75, 3.05) is 26.2 Å². The average Bonchev–Trinajstić information content (AvgIpc) is 2.65. The molecule has 1 aromatic heterocycles. The molecule has 1 aromatic rings. The maximum atomic E-state index is 5.65. The SMILES string of the molecule is CCN1CCOC(Cn2[nH]nnc2=S)C1. The number of tetrazole rings is 1. The summed E-state index contributed by atoms with van der Waals surface area (Å²) in [4.78, 5) is 2.36. The first kappa shape index (κ1) is 10.7. The van der Waals surface area contributed by atoms with Crippen LogP contribution in [-0.4, -0.2) is 57.5 Å². The van der Waals surface area contributed by atoms with E-state index in [4.69, 9.17) is 17.0 Å². The van der Waals surface area contributed by atoms with Gasteiger partial charge in [-0.25, -0.2) is 4.68 Å². The lowest BCUT2D eigenvalue weighted by Crippen LogP contribution is -2.44. The molecule has 2 heterocycles. The maximum Gasteiger partial charge on any atom is 0.238 e. The van der Waals surface area contributed by atoms with E-state index in [9.17, 15) is 0 Å². The molecule has 2 rings (SSSR count). The lowest BCUT2D eigenvalue weighted by Gasteiger charge is -2.31. The second-order valence-electron chi connectivity index (χ2n) is 3.58. The molecule has 1 saturated heterocycles. The zero-order valence-electron chi connectivity index (χ0n) is 8.72. The van der Waals surface area contributed by atoms with Crippen molar-refractivity contribution in [3.05, 3.63) is 4.77 Å². The van der Waals surface area contributed by atoms with Gasteiger partial charge >= 0.3 is 0 Å². The van der Waals surface area contributed by atoms with E-state index in [0.717, 1.165) is 26.2 Å². The number of aromatic amines is 1. The van der Waals surface area contributed by atoms with Gasteiger partial charge < -0.3 is 4.74 Å². The second kappa shape index (κ2) is 4.82. The summed E-state index contributed by atoms with van der Waals surface area (Å²) in [6, 6.07) is 0. The normalized spacial score (nSPS) is 23.1. The molecule has 1 atom stereocenters. The van der Waals surface area contributed by atoms with Crippen LogP contribution in [-0.2, 0) is 11.3 Å². The molecule has 0 aliphatic carbocycles. The largest absolute Gasteiger partial charge is 0.374 e. The molecule has 0 radical (unpaired) electrons. The van der Waals surface area contributed by atoms with Gasteiger partial charge in [-0.3, -0.25) is 4.90 Å². The fraction of sp³-hybridized carbons (Fsp3) is 0.875. The molecule has 0 saturated carbocycles. The smallest absolute Gasteiger partial charge is 0.238 e. The topological polar surface area (TPSA) is 59.0 Å². The highest BCUT2D eigenvalue weighted by Crippen LogP contribution is 2.06. The van der Waals surface area contributed by atoms with Crippen molar-refractivity contribution in [1.29, 1.82) is 0 Å². The lowest BCUT2D eigenvalue weighted by molar-refractivity contribution is -0.0362. The molecule has 1 fully saturated rings. The van der Waals surface area contributed by atoms with Crippen molar-refractivity contribution in [1.82, 2.24) is 25.1 Å². The summed E-state index contributed by atoms with van der Waals surface area (Å²) in [6.45, 7) is 6.66. The summed E-state index contributed by atoms with van der Waals surface area (Å²) >= 11 is 5.00. The minimum Gasteiger partial charge on any atom is -0.374 e.